The molecule has 1 aliphatic heterocycles. The molecule has 0 unspecified atom stereocenters. The third-order valence-corrected chi connectivity index (χ3v) is 5.34. The summed E-state index contributed by atoms with van der Waals surface area (Å²) in [5, 5.41) is 6.38. The lowest BCUT2D eigenvalue weighted by molar-refractivity contribution is 0.252. The van der Waals surface area contributed by atoms with Crippen molar-refractivity contribution in [2.75, 3.05) is 29.9 Å². The van der Waals surface area contributed by atoms with Gasteiger partial charge in [0.1, 0.15) is 0 Å². The topological polar surface area (TPSA) is 57.3 Å². The molecule has 1 aliphatic rings. The first-order valence-electron chi connectivity index (χ1n) is 8.53. The van der Waals surface area contributed by atoms with Gasteiger partial charge in [-0.05, 0) is 36.6 Å². The maximum Gasteiger partial charge on any atom is 0.321 e. The van der Waals surface area contributed by atoms with E-state index in [0.717, 1.165) is 36.1 Å². The molecular formula is C19H20N4OS. The summed E-state index contributed by atoms with van der Waals surface area (Å²) >= 11 is 1.48. The van der Waals surface area contributed by atoms with Crippen molar-refractivity contribution in [1.82, 2.24) is 10.3 Å². The summed E-state index contributed by atoms with van der Waals surface area (Å²) in [6.45, 7) is 2.45. The second kappa shape index (κ2) is 7.11. The molecule has 0 radical (unpaired) electrons. The molecule has 0 saturated heterocycles. The first-order chi connectivity index (χ1) is 12.3. The van der Waals surface area contributed by atoms with Crippen LogP contribution in [0.1, 0.15) is 12.0 Å². The van der Waals surface area contributed by atoms with Crippen molar-refractivity contribution in [3.05, 3.63) is 54.1 Å². The van der Waals surface area contributed by atoms with Gasteiger partial charge in [-0.1, -0.05) is 41.7 Å². The van der Waals surface area contributed by atoms with Gasteiger partial charge in [-0.3, -0.25) is 5.32 Å². The highest BCUT2D eigenvalue weighted by Gasteiger charge is 2.16. The lowest BCUT2D eigenvalue weighted by atomic mass is 10.0. The Morgan fingerprint density at radius 3 is 2.92 bits per heavy atom. The van der Waals surface area contributed by atoms with E-state index in [1.165, 1.54) is 22.6 Å². The number of anilines is 2. The number of thiazole rings is 1. The van der Waals surface area contributed by atoms with Crippen LogP contribution in [-0.2, 0) is 6.42 Å². The number of hydrogen-bond acceptors (Lipinski definition) is 4. The smallest absolute Gasteiger partial charge is 0.321 e. The Kier molecular flexibility index (Phi) is 4.52. The van der Waals surface area contributed by atoms with Gasteiger partial charge in [0.25, 0.3) is 0 Å². The van der Waals surface area contributed by atoms with E-state index >= 15 is 0 Å². The van der Waals surface area contributed by atoms with Gasteiger partial charge in [0.2, 0.25) is 0 Å². The minimum Gasteiger partial charge on any atom is -0.370 e. The number of carbonyl (C=O) groups excluding carboxylic acids is 1. The summed E-state index contributed by atoms with van der Waals surface area (Å²) in [5.41, 5.74) is 3.60. The fraction of sp³-hybridized carbons (Fsp3) is 0.263. The van der Waals surface area contributed by atoms with Crippen LogP contribution in [0.5, 0.6) is 0 Å². The van der Waals surface area contributed by atoms with Crippen molar-refractivity contribution in [1.29, 1.82) is 0 Å². The molecule has 128 valence electrons. The van der Waals surface area contributed by atoms with E-state index in [4.69, 9.17) is 0 Å². The summed E-state index contributed by atoms with van der Waals surface area (Å²) in [5.74, 6) is 0. The van der Waals surface area contributed by atoms with Crippen LogP contribution in [-0.4, -0.2) is 30.6 Å². The summed E-state index contributed by atoms with van der Waals surface area (Å²) < 4.78 is 1.07. The highest BCUT2D eigenvalue weighted by Crippen LogP contribution is 2.26. The predicted molar refractivity (Wildman–Crippen MR) is 104 cm³/mol. The van der Waals surface area contributed by atoms with E-state index in [9.17, 15) is 4.79 Å². The van der Waals surface area contributed by atoms with Crippen LogP contribution in [0.2, 0.25) is 0 Å². The fourth-order valence-corrected chi connectivity index (χ4v) is 4.08. The van der Waals surface area contributed by atoms with Gasteiger partial charge in [0, 0.05) is 25.3 Å². The Balaban J connectivity index is 1.31. The van der Waals surface area contributed by atoms with Gasteiger partial charge in [-0.2, -0.15) is 0 Å². The highest BCUT2D eigenvalue weighted by atomic mass is 32.1. The summed E-state index contributed by atoms with van der Waals surface area (Å²) in [6, 6.07) is 16.2. The first-order valence-corrected chi connectivity index (χ1v) is 9.34. The average molecular weight is 352 g/mol. The number of fused-ring (bicyclic) bond motifs is 2. The molecule has 0 spiro atoms. The quantitative estimate of drug-likeness (QED) is 0.749. The van der Waals surface area contributed by atoms with Gasteiger partial charge in [-0.25, -0.2) is 9.78 Å². The third kappa shape index (κ3) is 3.58. The number of nitrogens with one attached hydrogen (secondary N) is 2. The fourth-order valence-electron chi connectivity index (χ4n) is 3.22. The molecule has 5 nitrogen and oxygen atoms in total. The lowest BCUT2D eigenvalue weighted by Crippen LogP contribution is -2.39. The predicted octanol–water partition coefficient (Wildman–Crippen LogP) is 3.87. The number of nitrogens with zero attached hydrogens (tertiary/aromatic N) is 2. The molecule has 4 rings (SSSR count). The Bertz CT molecular complexity index is 859. The van der Waals surface area contributed by atoms with E-state index < -0.39 is 0 Å². The molecule has 25 heavy (non-hydrogen) atoms. The molecule has 2 amide bonds. The molecule has 2 heterocycles. The number of carbonyl (C=O) groups is 1. The zero-order valence-electron chi connectivity index (χ0n) is 13.9. The Morgan fingerprint density at radius 2 is 2.00 bits per heavy atom. The van der Waals surface area contributed by atoms with Crippen molar-refractivity contribution in [3.63, 3.8) is 0 Å². The molecule has 0 aliphatic carbocycles. The van der Waals surface area contributed by atoms with E-state index in [0.29, 0.717) is 11.7 Å². The number of amides is 2. The normalized spacial score (nSPS) is 13.5. The number of benzene rings is 2. The third-order valence-electron chi connectivity index (χ3n) is 4.39. The number of hydrogen-bond donors (Lipinski definition) is 2. The maximum atomic E-state index is 12.1. The van der Waals surface area contributed by atoms with E-state index in [2.05, 4.69) is 44.8 Å². The van der Waals surface area contributed by atoms with Crippen molar-refractivity contribution in [2.45, 2.75) is 12.8 Å². The molecule has 0 atom stereocenters. The summed E-state index contributed by atoms with van der Waals surface area (Å²) in [6.07, 6.45) is 2.30. The molecule has 2 aromatic carbocycles. The van der Waals surface area contributed by atoms with Crippen molar-refractivity contribution < 1.29 is 4.79 Å². The minimum atomic E-state index is -0.204. The average Bonchev–Trinajstić information content (AvgIpc) is 3.04. The van der Waals surface area contributed by atoms with Crippen molar-refractivity contribution in [3.8, 4) is 0 Å². The maximum absolute atomic E-state index is 12.1. The molecular weight excluding hydrogens is 332 g/mol. The van der Waals surface area contributed by atoms with Gasteiger partial charge >= 0.3 is 6.03 Å². The standard InChI is InChI=1S/C19H20N4OS/c24-18(22-19-21-15-8-2-4-10-17(15)25-19)20-11-13-23-12-5-7-14-6-1-3-9-16(14)23/h1-4,6,8-10H,5,7,11-13H2,(H2,20,21,22,24). The SMILES string of the molecule is O=C(NCCN1CCCc2ccccc21)Nc1nc2ccccc2s1. The largest absolute Gasteiger partial charge is 0.370 e. The molecule has 6 heteroatoms. The minimum absolute atomic E-state index is 0.204. The number of rotatable bonds is 4. The molecule has 0 bridgehead atoms. The first kappa shape index (κ1) is 15.9. The van der Waals surface area contributed by atoms with Crippen LogP contribution in [0.25, 0.3) is 10.2 Å². The van der Waals surface area contributed by atoms with Crippen LogP contribution in [0, 0.1) is 0 Å². The zero-order valence-corrected chi connectivity index (χ0v) is 14.7. The zero-order chi connectivity index (χ0) is 17.1. The molecule has 0 fully saturated rings. The van der Waals surface area contributed by atoms with E-state index in [-0.39, 0.29) is 6.03 Å². The molecule has 3 aromatic rings. The Hall–Kier alpha value is -2.60. The van der Waals surface area contributed by atoms with Crippen LogP contribution >= 0.6 is 11.3 Å². The molecule has 0 saturated carbocycles. The van der Waals surface area contributed by atoms with E-state index in [1.54, 1.807) is 0 Å². The number of urea groups is 1. The van der Waals surface area contributed by atoms with Gasteiger partial charge < -0.3 is 10.2 Å². The Labute approximate surface area is 150 Å². The second-order valence-corrected chi connectivity index (χ2v) is 7.12. The van der Waals surface area contributed by atoms with Crippen LogP contribution in [0.4, 0.5) is 15.6 Å². The van der Waals surface area contributed by atoms with Gasteiger partial charge in [0.05, 0.1) is 10.2 Å². The molecule has 1 aromatic heterocycles. The highest BCUT2D eigenvalue weighted by molar-refractivity contribution is 7.22. The number of para-hydroxylation sites is 2. The van der Waals surface area contributed by atoms with Gasteiger partial charge in [0.15, 0.2) is 5.13 Å². The second-order valence-electron chi connectivity index (χ2n) is 6.09. The number of aryl methyl sites for hydroxylation is 1. The number of aromatic nitrogens is 1. The van der Waals surface area contributed by atoms with Crippen LogP contribution < -0.4 is 15.5 Å². The summed E-state index contributed by atoms with van der Waals surface area (Å²) in [4.78, 5) is 18.9. The summed E-state index contributed by atoms with van der Waals surface area (Å²) in [7, 11) is 0. The van der Waals surface area contributed by atoms with Crippen molar-refractivity contribution >= 4 is 38.4 Å². The van der Waals surface area contributed by atoms with Gasteiger partial charge in [-0.15, -0.1) is 0 Å². The monoisotopic (exact) mass is 352 g/mol. The van der Waals surface area contributed by atoms with Crippen LogP contribution in [0.15, 0.2) is 48.5 Å². The van der Waals surface area contributed by atoms with E-state index in [1.807, 2.05) is 24.3 Å². The van der Waals surface area contributed by atoms with Crippen molar-refractivity contribution in [2.24, 2.45) is 0 Å². The Morgan fingerprint density at radius 1 is 1.16 bits per heavy atom. The molecule has 2 N–H and O–H groups in total. The van der Waals surface area contributed by atoms with Crippen LogP contribution in [0.3, 0.4) is 0 Å². The lowest BCUT2D eigenvalue weighted by Gasteiger charge is -2.31.